The number of hydrogen-bond acceptors (Lipinski definition) is 3. The van der Waals surface area contributed by atoms with Gasteiger partial charge >= 0.3 is 0 Å². The molecule has 0 spiro atoms. The lowest BCUT2D eigenvalue weighted by atomic mass is 9.70. The number of para-hydroxylation sites is 1. The topological polar surface area (TPSA) is 54.5 Å². The standard InChI is InChI=1S/C19H25NO3S/c1-18(2)15-9-10-19(18,17(21)12-15)13-24(22,23)20-11-5-7-14-6-3-4-8-16(14)20/h3-4,6,8,15H,5,7,9-13H2,1-2H3/t15-,19-/m1/s1. The van der Waals surface area contributed by atoms with E-state index in [1.165, 1.54) is 0 Å². The summed E-state index contributed by atoms with van der Waals surface area (Å²) in [4.78, 5) is 12.7. The quantitative estimate of drug-likeness (QED) is 0.844. The summed E-state index contributed by atoms with van der Waals surface area (Å²) in [6.45, 7) is 4.71. The number of benzene rings is 1. The highest BCUT2D eigenvalue weighted by atomic mass is 32.2. The number of sulfonamides is 1. The molecular weight excluding hydrogens is 322 g/mol. The van der Waals surface area contributed by atoms with Crippen molar-refractivity contribution in [1.29, 1.82) is 0 Å². The Morgan fingerprint density at radius 2 is 2.00 bits per heavy atom. The second-order valence-corrected chi connectivity index (χ2v) is 10.1. The van der Waals surface area contributed by atoms with Crippen LogP contribution in [0.5, 0.6) is 0 Å². The Kier molecular flexibility index (Phi) is 3.41. The highest BCUT2D eigenvalue weighted by Gasteiger charge is 2.65. The van der Waals surface area contributed by atoms with Crippen LogP contribution in [-0.4, -0.2) is 26.5 Å². The normalized spacial score (nSPS) is 31.3. The van der Waals surface area contributed by atoms with Gasteiger partial charge < -0.3 is 0 Å². The van der Waals surface area contributed by atoms with Gasteiger partial charge in [-0.15, -0.1) is 0 Å². The molecule has 2 saturated carbocycles. The fraction of sp³-hybridized carbons (Fsp3) is 0.632. The van der Waals surface area contributed by atoms with Crippen molar-refractivity contribution >= 4 is 21.5 Å². The third-order valence-corrected chi connectivity index (χ3v) is 8.88. The minimum absolute atomic E-state index is 0.0311. The van der Waals surface area contributed by atoms with Crippen LogP contribution in [0.2, 0.25) is 0 Å². The van der Waals surface area contributed by atoms with Crippen molar-refractivity contribution in [3.05, 3.63) is 29.8 Å². The van der Waals surface area contributed by atoms with Crippen LogP contribution in [0.25, 0.3) is 0 Å². The number of hydrogen-bond donors (Lipinski definition) is 0. The molecule has 3 aliphatic rings. The van der Waals surface area contributed by atoms with Crippen LogP contribution in [0, 0.1) is 16.7 Å². The molecule has 0 saturated heterocycles. The van der Waals surface area contributed by atoms with Crippen molar-refractivity contribution in [2.75, 3.05) is 16.6 Å². The van der Waals surface area contributed by atoms with E-state index in [0.29, 0.717) is 18.9 Å². The Morgan fingerprint density at radius 3 is 2.67 bits per heavy atom. The van der Waals surface area contributed by atoms with Gasteiger partial charge in [0.15, 0.2) is 0 Å². The van der Waals surface area contributed by atoms with Crippen LogP contribution < -0.4 is 4.31 Å². The first-order valence-electron chi connectivity index (χ1n) is 8.90. The maximum Gasteiger partial charge on any atom is 0.236 e. The van der Waals surface area contributed by atoms with E-state index in [9.17, 15) is 13.2 Å². The number of nitrogens with zero attached hydrogens (tertiary/aromatic N) is 1. The zero-order valence-corrected chi connectivity index (χ0v) is 15.2. The summed E-state index contributed by atoms with van der Waals surface area (Å²) in [7, 11) is -3.52. The van der Waals surface area contributed by atoms with Gasteiger partial charge in [-0.05, 0) is 48.6 Å². The van der Waals surface area contributed by atoms with E-state index < -0.39 is 15.4 Å². The lowest BCUT2D eigenvalue weighted by molar-refractivity contribution is -0.128. The van der Waals surface area contributed by atoms with Gasteiger partial charge in [0.1, 0.15) is 5.78 Å². The van der Waals surface area contributed by atoms with Crippen molar-refractivity contribution in [2.45, 2.75) is 46.0 Å². The Hall–Kier alpha value is -1.36. The molecule has 2 bridgehead atoms. The SMILES string of the molecule is CC1(C)[C@@H]2CC[C@@]1(CS(=O)(=O)N1CCCc3ccccc31)C(=O)C2. The molecule has 0 radical (unpaired) electrons. The van der Waals surface area contributed by atoms with Gasteiger partial charge in [-0.2, -0.15) is 0 Å². The Labute approximate surface area is 144 Å². The fourth-order valence-electron chi connectivity index (χ4n) is 5.29. The van der Waals surface area contributed by atoms with E-state index in [1.807, 2.05) is 24.3 Å². The lowest BCUT2D eigenvalue weighted by Crippen LogP contribution is -2.47. The van der Waals surface area contributed by atoms with E-state index >= 15 is 0 Å². The Balaban J connectivity index is 1.72. The summed E-state index contributed by atoms with van der Waals surface area (Å²) in [5.41, 5.74) is 0.985. The molecule has 130 valence electrons. The smallest absolute Gasteiger partial charge is 0.236 e. The molecule has 0 aromatic heterocycles. The largest absolute Gasteiger partial charge is 0.299 e. The van der Waals surface area contributed by atoms with E-state index in [1.54, 1.807) is 4.31 Å². The zero-order chi connectivity index (χ0) is 17.2. The minimum atomic E-state index is -3.52. The molecule has 1 heterocycles. The van der Waals surface area contributed by atoms with Crippen molar-refractivity contribution in [3.8, 4) is 0 Å². The molecule has 1 aromatic carbocycles. The number of anilines is 1. The Bertz CT molecular complexity index is 799. The lowest BCUT2D eigenvalue weighted by Gasteiger charge is -2.39. The van der Waals surface area contributed by atoms with Gasteiger partial charge in [-0.3, -0.25) is 9.10 Å². The van der Waals surface area contributed by atoms with Gasteiger partial charge in [0.05, 0.1) is 16.9 Å². The van der Waals surface area contributed by atoms with Crippen molar-refractivity contribution in [1.82, 2.24) is 0 Å². The zero-order valence-electron chi connectivity index (χ0n) is 14.4. The molecule has 4 rings (SSSR count). The fourth-order valence-corrected chi connectivity index (χ4v) is 7.63. The highest BCUT2D eigenvalue weighted by molar-refractivity contribution is 7.92. The molecule has 4 nitrogen and oxygen atoms in total. The first kappa shape index (κ1) is 16.1. The number of carbonyl (C=O) groups excluding carboxylic acids is 1. The molecule has 0 amide bonds. The van der Waals surface area contributed by atoms with E-state index in [2.05, 4.69) is 13.8 Å². The molecule has 2 fully saturated rings. The molecule has 2 aliphatic carbocycles. The maximum absolute atomic E-state index is 13.3. The average molecular weight is 347 g/mol. The van der Waals surface area contributed by atoms with Crippen LogP contribution in [-0.2, 0) is 21.2 Å². The van der Waals surface area contributed by atoms with E-state index in [-0.39, 0.29) is 17.0 Å². The summed E-state index contributed by atoms with van der Waals surface area (Å²) in [6, 6.07) is 7.74. The number of fused-ring (bicyclic) bond motifs is 3. The third kappa shape index (κ3) is 2.03. The van der Waals surface area contributed by atoms with E-state index in [4.69, 9.17) is 0 Å². The van der Waals surface area contributed by atoms with Gasteiger partial charge in [-0.1, -0.05) is 32.0 Å². The van der Waals surface area contributed by atoms with Gasteiger partial charge in [0, 0.05) is 13.0 Å². The number of aryl methyl sites for hydroxylation is 1. The highest BCUT2D eigenvalue weighted by Crippen LogP contribution is 2.64. The molecule has 5 heteroatoms. The molecule has 24 heavy (non-hydrogen) atoms. The van der Waals surface area contributed by atoms with Gasteiger partial charge in [0.25, 0.3) is 0 Å². The maximum atomic E-state index is 13.3. The second-order valence-electron chi connectivity index (χ2n) is 8.23. The summed E-state index contributed by atoms with van der Waals surface area (Å²) in [5.74, 6) is 0.475. The molecule has 0 N–H and O–H groups in total. The Morgan fingerprint density at radius 1 is 1.25 bits per heavy atom. The number of carbonyl (C=O) groups is 1. The minimum Gasteiger partial charge on any atom is -0.299 e. The van der Waals surface area contributed by atoms with Crippen molar-refractivity contribution < 1.29 is 13.2 Å². The van der Waals surface area contributed by atoms with Crippen molar-refractivity contribution in [3.63, 3.8) is 0 Å². The number of ketones is 1. The van der Waals surface area contributed by atoms with E-state index in [0.717, 1.165) is 36.9 Å². The average Bonchev–Trinajstić information content (AvgIpc) is 2.88. The summed E-state index contributed by atoms with van der Waals surface area (Å²) in [5, 5.41) is 0. The number of Topliss-reactive ketones (excluding diaryl/α,β-unsaturated/α-hetero) is 1. The van der Waals surface area contributed by atoms with Crippen LogP contribution in [0.1, 0.15) is 45.1 Å². The summed E-state index contributed by atoms with van der Waals surface area (Å²) >= 11 is 0. The van der Waals surface area contributed by atoms with Crippen molar-refractivity contribution in [2.24, 2.45) is 16.7 Å². The molecule has 2 atom stereocenters. The first-order valence-corrected chi connectivity index (χ1v) is 10.5. The van der Waals surface area contributed by atoms with Crippen LogP contribution in [0.15, 0.2) is 24.3 Å². The number of rotatable bonds is 3. The predicted molar refractivity (Wildman–Crippen MR) is 94.5 cm³/mol. The summed E-state index contributed by atoms with van der Waals surface area (Å²) in [6.07, 6.45) is 4.01. The molecule has 0 unspecified atom stereocenters. The monoisotopic (exact) mass is 347 g/mol. The van der Waals surface area contributed by atoms with Gasteiger partial charge in [0.2, 0.25) is 10.0 Å². The second kappa shape index (κ2) is 5.07. The predicted octanol–water partition coefficient (Wildman–Crippen LogP) is 3.16. The van der Waals surface area contributed by atoms with Crippen LogP contribution in [0.3, 0.4) is 0 Å². The molecule has 1 aliphatic heterocycles. The third-order valence-electron chi connectivity index (χ3n) is 6.97. The van der Waals surface area contributed by atoms with Crippen LogP contribution in [0.4, 0.5) is 5.69 Å². The summed E-state index contributed by atoms with van der Waals surface area (Å²) < 4.78 is 28.2. The first-order chi connectivity index (χ1) is 11.3. The van der Waals surface area contributed by atoms with Gasteiger partial charge in [-0.25, -0.2) is 8.42 Å². The molecular formula is C19H25NO3S. The van der Waals surface area contributed by atoms with Crippen LogP contribution >= 0.6 is 0 Å². The molecule has 1 aromatic rings.